The van der Waals surface area contributed by atoms with E-state index in [-0.39, 0.29) is 47.2 Å². The molecule has 1 aromatic carbocycles. The Balaban J connectivity index is 2.24. The molecule has 0 fully saturated rings. The zero-order chi connectivity index (χ0) is 25.6. The van der Waals surface area contributed by atoms with Gasteiger partial charge in [-0.3, -0.25) is 9.59 Å². The molecule has 1 heterocycles. The Labute approximate surface area is 201 Å². The number of hydrogen-bond acceptors (Lipinski definition) is 6. The maximum atomic E-state index is 13.6. The average molecular weight is 474 g/mol. The lowest BCUT2D eigenvalue weighted by atomic mass is 9.82. The summed E-state index contributed by atoms with van der Waals surface area (Å²) < 4.78 is 24.6. The fourth-order valence-corrected chi connectivity index (χ4v) is 4.48. The van der Waals surface area contributed by atoms with Gasteiger partial charge in [0.25, 0.3) is 0 Å². The van der Waals surface area contributed by atoms with Gasteiger partial charge in [-0.05, 0) is 55.4 Å². The normalized spacial score (nSPS) is 14.1. The first-order valence-electron chi connectivity index (χ1n) is 11.7. The van der Waals surface area contributed by atoms with Gasteiger partial charge in [0, 0.05) is 24.6 Å². The van der Waals surface area contributed by atoms with E-state index in [1.54, 1.807) is 6.07 Å². The van der Waals surface area contributed by atoms with Gasteiger partial charge in [-0.25, -0.2) is 9.37 Å². The summed E-state index contributed by atoms with van der Waals surface area (Å²) in [4.78, 5) is 30.1. The summed E-state index contributed by atoms with van der Waals surface area (Å²) in [5, 5.41) is 10.3. The lowest BCUT2D eigenvalue weighted by Crippen LogP contribution is -2.31. The Morgan fingerprint density at radius 1 is 1.12 bits per heavy atom. The van der Waals surface area contributed by atoms with Gasteiger partial charge < -0.3 is 14.6 Å². The van der Waals surface area contributed by atoms with Crippen molar-refractivity contribution in [1.29, 1.82) is 0 Å². The fraction of sp³-hybridized carbons (Fsp3) is 0.519. The number of aromatic nitrogens is 1. The molecule has 0 saturated carbocycles. The number of carbonyl (C=O) groups excluding carboxylic acids is 2. The zero-order valence-electron chi connectivity index (χ0n) is 21.1. The number of ether oxygens (including phenoxy) is 2. The van der Waals surface area contributed by atoms with Gasteiger partial charge in [0.2, 0.25) is 0 Å². The third kappa shape index (κ3) is 6.78. The van der Waals surface area contributed by atoms with Crippen molar-refractivity contribution in [3.8, 4) is 11.5 Å². The van der Waals surface area contributed by atoms with Crippen LogP contribution in [0.2, 0.25) is 0 Å². The van der Waals surface area contributed by atoms with Crippen LogP contribution in [-0.2, 0) is 9.53 Å². The van der Waals surface area contributed by atoms with Crippen LogP contribution in [0.4, 0.5) is 4.39 Å². The lowest BCUT2D eigenvalue weighted by Gasteiger charge is -2.30. The highest BCUT2D eigenvalue weighted by Crippen LogP contribution is 2.34. The molecule has 3 atom stereocenters. The summed E-state index contributed by atoms with van der Waals surface area (Å²) in [7, 11) is 1.39. The molecule has 34 heavy (non-hydrogen) atoms. The SMILES string of the molecule is COc1ccnc(C(=O)C[C@@H](CC(C)C)C(=O)O[C@@H](C)[C@H](c2ccc(F)cc2C)C(C)C)c1O. The molecule has 0 amide bonds. The fourth-order valence-electron chi connectivity index (χ4n) is 4.48. The van der Waals surface area contributed by atoms with E-state index in [2.05, 4.69) is 4.98 Å². The molecule has 0 aliphatic heterocycles. The molecule has 0 aliphatic carbocycles. The van der Waals surface area contributed by atoms with Crippen molar-refractivity contribution >= 4 is 11.8 Å². The number of benzene rings is 1. The van der Waals surface area contributed by atoms with Gasteiger partial charge in [0.05, 0.1) is 13.0 Å². The second kappa shape index (κ2) is 12.0. The molecule has 0 saturated heterocycles. The monoisotopic (exact) mass is 473 g/mol. The Hall–Kier alpha value is -2.96. The summed E-state index contributed by atoms with van der Waals surface area (Å²) in [5.41, 5.74) is 1.60. The first-order chi connectivity index (χ1) is 16.0. The predicted octanol–water partition coefficient (Wildman–Crippen LogP) is 5.85. The molecule has 0 spiro atoms. The summed E-state index contributed by atoms with van der Waals surface area (Å²) in [6.07, 6.45) is 1.20. The molecule has 1 N–H and O–H groups in total. The van der Waals surface area contributed by atoms with Crippen molar-refractivity contribution in [3.05, 3.63) is 53.1 Å². The highest BCUT2D eigenvalue weighted by atomic mass is 19.1. The van der Waals surface area contributed by atoms with E-state index in [1.165, 1.54) is 31.5 Å². The molecular weight excluding hydrogens is 437 g/mol. The first kappa shape index (κ1) is 27.3. The van der Waals surface area contributed by atoms with E-state index < -0.39 is 23.8 Å². The number of aryl methyl sites for hydroxylation is 1. The lowest BCUT2D eigenvalue weighted by molar-refractivity contribution is -0.155. The highest BCUT2D eigenvalue weighted by Gasteiger charge is 2.32. The predicted molar refractivity (Wildman–Crippen MR) is 129 cm³/mol. The third-order valence-electron chi connectivity index (χ3n) is 6.01. The number of ketones is 1. The van der Waals surface area contributed by atoms with Crippen LogP contribution in [-0.4, -0.2) is 35.1 Å². The molecule has 186 valence electrons. The minimum absolute atomic E-state index is 0.129. The quantitative estimate of drug-likeness (QED) is 0.325. The summed E-state index contributed by atoms with van der Waals surface area (Å²) in [6.45, 7) is 11.7. The molecule has 6 nitrogen and oxygen atoms in total. The van der Waals surface area contributed by atoms with Crippen LogP contribution in [0.5, 0.6) is 11.5 Å². The zero-order valence-corrected chi connectivity index (χ0v) is 21.1. The van der Waals surface area contributed by atoms with Gasteiger partial charge in [-0.2, -0.15) is 0 Å². The highest BCUT2D eigenvalue weighted by molar-refractivity contribution is 5.99. The topological polar surface area (TPSA) is 85.7 Å². The van der Waals surface area contributed by atoms with Crippen LogP contribution in [0.25, 0.3) is 0 Å². The Bertz CT molecular complexity index is 1000. The molecule has 0 radical (unpaired) electrons. The van der Waals surface area contributed by atoms with E-state index in [4.69, 9.17) is 9.47 Å². The molecule has 0 unspecified atom stereocenters. The van der Waals surface area contributed by atoms with Crippen LogP contribution in [0.15, 0.2) is 30.5 Å². The summed E-state index contributed by atoms with van der Waals surface area (Å²) >= 11 is 0. The van der Waals surface area contributed by atoms with Crippen LogP contribution < -0.4 is 4.74 Å². The van der Waals surface area contributed by atoms with E-state index in [0.717, 1.165) is 11.1 Å². The minimum Gasteiger partial charge on any atom is -0.503 e. The van der Waals surface area contributed by atoms with E-state index in [9.17, 15) is 19.1 Å². The molecule has 7 heteroatoms. The number of esters is 1. The smallest absolute Gasteiger partial charge is 0.309 e. The summed E-state index contributed by atoms with van der Waals surface area (Å²) in [5.74, 6) is -1.98. The van der Waals surface area contributed by atoms with Gasteiger partial charge in [-0.15, -0.1) is 0 Å². The number of rotatable bonds is 11. The van der Waals surface area contributed by atoms with E-state index in [1.807, 2.05) is 41.5 Å². The Morgan fingerprint density at radius 3 is 2.35 bits per heavy atom. The largest absolute Gasteiger partial charge is 0.503 e. The molecule has 0 bridgehead atoms. The number of nitrogens with zero attached hydrogens (tertiary/aromatic N) is 1. The van der Waals surface area contributed by atoms with Crippen molar-refractivity contribution in [2.24, 2.45) is 17.8 Å². The molecule has 2 rings (SSSR count). The van der Waals surface area contributed by atoms with Crippen molar-refractivity contribution in [2.75, 3.05) is 7.11 Å². The van der Waals surface area contributed by atoms with E-state index in [0.29, 0.717) is 6.42 Å². The molecule has 2 aromatic rings. The van der Waals surface area contributed by atoms with Crippen molar-refractivity contribution in [1.82, 2.24) is 4.98 Å². The Kier molecular flexibility index (Phi) is 9.59. The molecule has 0 aliphatic rings. The second-order valence-electron chi connectivity index (χ2n) is 9.58. The number of methoxy groups -OCH3 is 1. The number of Topliss-reactive ketones (excluding diaryl/α,β-unsaturated/α-hetero) is 1. The van der Waals surface area contributed by atoms with Crippen molar-refractivity contribution < 1.29 is 28.6 Å². The minimum atomic E-state index is -0.690. The van der Waals surface area contributed by atoms with Crippen molar-refractivity contribution in [3.63, 3.8) is 0 Å². The van der Waals surface area contributed by atoms with Crippen LogP contribution in [0.1, 0.15) is 75.0 Å². The maximum absolute atomic E-state index is 13.6. The first-order valence-corrected chi connectivity index (χ1v) is 11.7. The van der Waals surface area contributed by atoms with Crippen LogP contribution in [0, 0.1) is 30.5 Å². The average Bonchev–Trinajstić information content (AvgIpc) is 2.74. The number of carbonyl (C=O) groups is 2. The van der Waals surface area contributed by atoms with Gasteiger partial charge in [0.1, 0.15) is 11.9 Å². The van der Waals surface area contributed by atoms with Crippen LogP contribution >= 0.6 is 0 Å². The van der Waals surface area contributed by atoms with E-state index >= 15 is 0 Å². The number of halogens is 1. The third-order valence-corrected chi connectivity index (χ3v) is 6.01. The standard InChI is InChI=1S/C27H36FNO5/c1-15(2)12-19(14-22(30)25-26(31)23(33-7)10-11-29-25)27(32)34-18(6)24(16(3)4)21-9-8-20(28)13-17(21)5/h8-11,13,15-16,18-19,24,31H,12,14H2,1-7H3/t18-,19+,24+/m0/s1. The molecular formula is C27H36FNO5. The van der Waals surface area contributed by atoms with Crippen molar-refractivity contribution in [2.45, 2.75) is 66.4 Å². The molecule has 1 aromatic heterocycles. The number of pyridine rings is 1. The van der Waals surface area contributed by atoms with Gasteiger partial charge in [0.15, 0.2) is 23.0 Å². The number of hydrogen-bond donors (Lipinski definition) is 1. The number of aromatic hydroxyl groups is 1. The second-order valence-corrected chi connectivity index (χ2v) is 9.58. The Morgan fingerprint density at radius 2 is 1.79 bits per heavy atom. The summed E-state index contributed by atoms with van der Waals surface area (Å²) in [6, 6.07) is 6.09. The van der Waals surface area contributed by atoms with Gasteiger partial charge in [-0.1, -0.05) is 33.8 Å². The van der Waals surface area contributed by atoms with Gasteiger partial charge >= 0.3 is 5.97 Å². The maximum Gasteiger partial charge on any atom is 0.309 e. The van der Waals surface area contributed by atoms with Crippen LogP contribution in [0.3, 0.4) is 0 Å².